The lowest BCUT2D eigenvalue weighted by Crippen LogP contribution is -2.49. The largest absolute Gasteiger partial charge is 0.302 e. The molecule has 0 aromatic heterocycles. The average Bonchev–Trinajstić information content (AvgIpc) is 2.48. The molecular formula is C11H22N2. The fourth-order valence-electron chi connectivity index (χ4n) is 3.09. The molecule has 2 heteroatoms. The number of hydrogen-bond acceptors (Lipinski definition) is 2. The molecule has 2 nitrogen and oxygen atoms in total. The minimum atomic E-state index is 0.738. The molecule has 2 unspecified atom stereocenters. The predicted octanol–water partition coefficient (Wildman–Crippen LogP) is 1.56. The van der Waals surface area contributed by atoms with E-state index in [4.69, 9.17) is 0 Å². The Balaban J connectivity index is 2.06. The van der Waals surface area contributed by atoms with Crippen LogP contribution in [0.15, 0.2) is 0 Å². The molecule has 2 aliphatic rings. The molecule has 0 N–H and O–H groups in total. The van der Waals surface area contributed by atoms with E-state index in [0.717, 1.165) is 18.1 Å². The second-order valence-electron chi connectivity index (χ2n) is 4.88. The van der Waals surface area contributed by atoms with E-state index in [1.807, 2.05) is 0 Å². The van der Waals surface area contributed by atoms with Crippen molar-refractivity contribution in [1.82, 2.24) is 9.80 Å². The van der Waals surface area contributed by atoms with Crippen molar-refractivity contribution in [3.63, 3.8) is 0 Å². The Morgan fingerprint density at radius 3 is 2.54 bits per heavy atom. The van der Waals surface area contributed by atoms with Gasteiger partial charge in [0.15, 0.2) is 0 Å². The molecule has 0 saturated carbocycles. The number of likely N-dealkylation sites (N-methyl/N-ethyl adjacent to an activating group) is 1. The van der Waals surface area contributed by atoms with Crippen molar-refractivity contribution in [3.05, 3.63) is 0 Å². The normalized spacial score (nSPS) is 36.9. The molecule has 0 bridgehead atoms. The monoisotopic (exact) mass is 182 g/mol. The molecule has 2 aliphatic heterocycles. The van der Waals surface area contributed by atoms with Gasteiger partial charge in [0.2, 0.25) is 0 Å². The van der Waals surface area contributed by atoms with Gasteiger partial charge >= 0.3 is 0 Å². The number of rotatable bonds is 1. The Bertz CT molecular complexity index is 173. The van der Waals surface area contributed by atoms with Crippen molar-refractivity contribution in [1.29, 1.82) is 0 Å². The summed E-state index contributed by atoms with van der Waals surface area (Å²) in [5.74, 6) is 0. The van der Waals surface area contributed by atoms with Gasteiger partial charge in [0.1, 0.15) is 0 Å². The minimum absolute atomic E-state index is 0.738. The Morgan fingerprint density at radius 1 is 1.08 bits per heavy atom. The number of piperidine rings is 1. The maximum atomic E-state index is 2.69. The summed E-state index contributed by atoms with van der Waals surface area (Å²) in [5.41, 5.74) is 0. The molecule has 2 atom stereocenters. The zero-order valence-electron chi connectivity index (χ0n) is 9.16. The third kappa shape index (κ3) is 1.62. The topological polar surface area (TPSA) is 6.48 Å². The van der Waals surface area contributed by atoms with Crippen molar-refractivity contribution < 1.29 is 0 Å². The quantitative estimate of drug-likeness (QED) is 0.607. The van der Waals surface area contributed by atoms with Crippen molar-refractivity contribution in [3.8, 4) is 0 Å². The van der Waals surface area contributed by atoms with E-state index in [2.05, 4.69) is 30.7 Å². The number of nitrogens with zero attached hydrogens (tertiary/aromatic N) is 2. The first-order valence-corrected chi connectivity index (χ1v) is 5.66. The summed E-state index contributed by atoms with van der Waals surface area (Å²) in [6.07, 6.45) is 4.20. The first kappa shape index (κ1) is 9.47. The average molecular weight is 182 g/mol. The SMILES string of the molecule is CC(C)N1CCC2C1CCCN2C. The van der Waals surface area contributed by atoms with Gasteiger partial charge in [0.05, 0.1) is 0 Å². The zero-order chi connectivity index (χ0) is 9.42. The summed E-state index contributed by atoms with van der Waals surface area (Å²) in [5, 5.41) is 0. The third-order valence-corrected chi connectivity index (χ3v) is 3.79. The number of likely N-dealkylation sites (tertiary alicyclic amines) is 2. The second kappa shape index (κ2) is 3.58. The molecule has 2 fully saturated rings. The van der Waals surface area contributed by atoms with Gasteiger partial charge in [-0.15, -0.1) is 0 Å². The molecule has 0 aromatic carbocycles. The first-order chi connectivity index (χ1) is 6.20. The van der Waals surface area contributed by atoms with E-state index in [0.29, 0.717) is 0 Å². The smallest absolute Gasteiger partial charge is 0.0260 e. The molecule has 2 saturated heterocycles. The summed E-state index contributed by atoms with van der Waals surface area (Å²) >= 11 is 0. The van der Waals surface area contributed by atoms with Crippen LogP contribution in [0.3, 0.4) is 0 Å². The van der Waals surface area contributed by atoms with Gasteiger partial charge in [0.25, 0.3) is 0 Å². The van der Waals surface area contributed by atoms with Crippen LogP contribution in [0.4, 0.5) is 0 Å². The molecular weight excluding hydrogens is 160 g/mol. The summed E-state index contributed by atoms with van der Waals surface area (Å²) in [6.45, 7) is 7.29. The molecule has 0 radical (unpaired) electrons. The number of fused-ring (bicyclic) bond motifs is 1. The second-order valence-corrected chi connectivity index (χ2v) is 4.88. The first-order valence-electron chi connectivity index (χ1n) is 5.66. The standard InChI is InChI=1S/C11H22N2/c1-9(2)13-8-6-10-11(13)5-4-7-12(10)3/h9-11H,4-8H2,1-3H3. The fourth-order valence-corrected chi connectivity index (χ4v) is 3.09. The minimum Gasteiger partial charge on any atom is -0.302 e. The van der Waals surface area contributed by atoms with E-state index in [1.165, 1.54) is 32.4 Å². The van der Waals surface area contributed by atoms with Crippen molar-refractivity contribution >= 4 is 0 Å². The molecule has 13 heavy (non-hydrogen) atoms. The van der Waals surface area contributed by atoms with E-state index in [9.17, 15) is 0 Å². The molecule has 76 valence electrons. The summed E-state index contributed by atoms with van der Waals surface area (Å²) in [4.78, 5) is 5.26. The predicted molar refractivity (Wildman–Crippen MR) is 55.9 cm³/mol. The van der Waals surface area contributed by atoms with Crippen LogP contribution in [0, 0.1) is 0 Å². The van der Waals surface area contributed by atoms with Gasteiger partial charge in [-0.3, -0.25) is 4.90 Å². The van der Waals surface area contributed by atoms with Crippen molar-refractivity contribution in [2.24, 2.45) is 0 Å². The van der Waals surface area contributed by atoms with Crippen LogP contribution in [-0.2, 0) is 0 Å². The van der Waals surface area contributed by atoms with Crippen LogP contribution in [0.2, 0.25) is 0 Å². The van der Waals surface area contributed by atoms with Gasteiger partial charge in [-0.2, -0.15) is 0 Å². The van der Waals surface area contributed by atoms with E-state index < -0.39 is 0 Å². The third-order valence-electron chi connectivity index (χ3n) is 3.79. The highest BCUT2D eigenvalue weighted by Crippen LogP contribution is 2.30. The lowest BCUT2D eigenvalue weighted by Gasteiger charge is -2.39. The highest BCUT2D eigenvalue weighted by atomic mass is 15.3. The van der Waals surface area contributed by atoms with Crippen LogP contribution >= 0.6 is 0 Å². The fraction of sp³-hybridized carbons (Fsp3) is 1.00. The van der Waals surface area contributed by atoms with Gasteiger partial charge in [-0.25, -0.2) is 0 Å². The van der Waals surface area contributed by atoms with Crippen molar-refractivity contribution in [2.75, 3.05) is 20.1 Å². The molecule has 2 heterocycles. The van der Waals surface area contributed by atoms with Crippen LogP contribution < -0.4 is 0 Å². The number of hydrogen-bond donors (Lipinski definition) is 0. The van der Waals surface area contributed by atoms with E-state index in [1.54, 1.807) is 0 Å². The van der Waals surface area contributed by atoms with Gasteiger partial charge in [-0.1, -0.05) is 0 Å². The van der Waals surface area contributed by atoms with Crippen molar-refractivity contribution in [2.45, 2.75) is 51.2 Å². The Morgan fingerprint density at radius 2 is 1.85 bits per heavy atom. The summed E-state index contributed by atoms with van der Waals surface area (Å²) in [6, 6.07) is 2.46. The van der Waals surface area contributed by atoms with Gasteiger partial charge in [-0.05, 0) is 46.7 Å². The molecule has 0 amide bonds. The Labute approximate surface area is 81.9 Å². The maximum Gasteiger partial charge on any atom is 0.0260 e. The lowest BCUT2D eigenvalue weighted by molar-refractivity contribution is 0.0991. The lowest BCUT2D eigenvalue weighted by atomic mass is 9.97. The Hall–Kier alpha value is -0.0800. The Kier molecular flexibility index (Phi) is 2.61. The highest BCUT2D eigenvalue weighted by Gasteiger charge is 2.39. The molecule has 0 aliphatic carbocycles. The highest BCUT2D eigenvalue weighted by molar-refractivity contribution is 4.96. The van der Waals surface area contributed by atoms with Crippen LogP contribution in [0.25, 0.3) is 0 Å². The maximum absolute atomic E-state index is 2.69. The van der Waals surface area contributed by atoms with Crippen LogP contribution in [0.1, 0.15) is 33.1 Å². The molecule has 0 spiro atoms. The molecule has 2 rings (SSSR count). The zero-order valence-corrected chi connectivity index (χ0v) is 9.16. The van der Waals surface area contributed by atoms with Gasteiger partial charge < -0.3 is 4.90 Å². The summed E-state index contributed by atoms with van der Waals surface area (Å²) in [7, 11) is 2.29. The summed E-state index contributed by atoms with van der Waals surface area (Å²) < 4.78 is 0. The van der Waals surface area contributed by atoms with Crippen LogP contribution in [0.5, 0.6) is 0 Å². The molecule has 0 aromatic rings. The van der Waals surface area contributed by atoms with E-state index in [-0.39, 0.29) is 0 Å². The van der Waals surface area contributed by atoms with E-state index >= 15 is 0 Å². The van der Waals surface area contributed by atoms with Crippen LogP contribution in [-0.4, -0.2) is 48.1 Å². The van der Waals surface area contributed by atoms with Gasteiger partial charge in [0, 0.05) is 24.7 Å².